The van der Waals surface area contributed by atoms with Gasteiger partial charge in [-0.15, -0.1) is 11.8 Å². The van der Waals surface area contributed by atoms with Gasteiger partial charge in [0.15, 0.2) is 5.78 Å². The molecule has 20 heavy (non-hydrogen) atoms. The van der Waals surface area contributed by atoms with Gasteiger partial charge in [-0.25, -0.2) is 4.68 Å². The van der Waals surface area contributed by atoms with Gasteiger partial charge in [0.1, 0.15) is 5.69 Å². The SMILES string of the molecule is CSc1c(C(C)=O)c(-c2ccc(Br)cc2)nn(C)c1=O. The summed E-state index contributed by atoms with van der Waals surface area (Å²) in [6.07, 6.45) is 1.79. The summed E-state index contributed by atoms with van der Waals surface area (Å²) in [5, 5.41) is 4.26. The molecular formula is C14H13BrN2O2S. The van der Waals surface area contributed by atoms with E-state index in [0.717, 1.165) is 10.0 Å². The normalized spacial score (nSPS) is 10.6. The lowest BCUT2D eigenvalue weighted by atomic mass is 10.0. The van der Waals surface area contributed by atoms with Crippen LogP contribution in [-0.2, 0) is 7.05 Å². The lowest BCUT2D eigenvalue weighted by molar-refractivity contribution is 0.101. The molecule has 2 rings (SSSR count). The highest BCUT2D eigenvalue weighted by atomic mass is 79.9. The summed E-state index contributed by atoms with van der Waals surface area (Å²) in [4.78, 5) is 24.5. The zero-order chi connectivity index (χ0) is 14.9. The number of Topliss-reactive ketones (excluding diaryl/α,β-unsaturated/α-hetero) is 1. The van der Waals surface area contributed by atoms with Crippen LogP contribution in [0.3, 0.4) is 0 Å². The molecule has 0 saturated carbocycles. The Morgan fingerprint density at radius 1 is 1.30 bits per heavy atom. The minimum Gasteiger partial charge on any atom is -0.294 e. The van der Waals surface area contributed by atoms with Crippen molar-refractivity contribution in [1.82, 2.24) is 9.78 Å². The van der Waals surface area contributed by atoms with Gasteiger partial charge < -0.3 is 0 Å². The summed E-state index contributed by atoms with van der Waals surface area (Å²) in [6.45, 7) is 1.46. The van der Waals surface area contributed by atoms with Crippen LogP contribution in [0.2, 0.25) is 0 Å². The number of hydrogen-bond acceptors (Lipinski definition) is 4. The molecule has 0 amide bonds. The zero-order valence-electron chi connectivity index (χ0n) is 11.3. The monoisotopic (exact) mass is 352 g/mol. The van der Waals surface area contributed by atoms with Gasteiger partial charge in [-0.2, -0.15) is 5.10 Å². The summed E-state index contributed by atoms with van der Waals surface area (Å²) in [5.74, 6) is -0.155. The number of thioether (sulfide) groups is 1. The van der Waals surface area contributed by atoms with E-state index in [1.807, 2.05) is 24.3 Å². The number of rotatable bonds is 3. The lowest BCUT2D eigenvalue weighted by Gasteiger charge is -2.12. The van der Waals surface area contributed by atoms with Gasteiger partial charge in [-0.05, 0) is 25.3 Å². The van der Waals surface area contributed by atoms with Crippen LogP contribution in [-0.4, -0.2) is 21.8 Å². The number of carbonyl (C=O) groups excluding carboxylic acids is 1. The number of ketones is 1. The lowest BCUT2D eigenvalue weighted by Crippen LogP contribution is -2.25. The van der Waals surface area contributed by atoms with Crippen molar-refractivity contribution in [2.24, 2.45) is 7.05 Å². The Kier molecular flexibility index (Phi) is 4.45. The van der Waals surface area contributed by atoms with E-state index < -0.39 is 0 Å². The van der Waals surface area contributed by atoms with Gasteiger partial charge in [0.05, 0.1) is 10.5 Å². The van der Waals surface area contributed by atoms with Crippen molar-refractivity contribution >= 4 is 33.5 Å². The fourth-order valence-corrected chi connectivity index (χ4v) is 2.95. The molecule has 104 valence electrons. The van der Waals surface area contributed by atoms with Gasteiger partial charge >= 0.3 is 0 Å². The molecule has 0 spiro atoms. The second kappa shape index (κ2) is 5.93. The summed E-state index contributed by atoms with van der Waals surface area (Å²) in [7, 11) is 1.59. The average Bonchev–Trinajstić information content (AvgIpc) is 2.41. The third kappa shape index (κ3) is 2.71. The Hall–Kier alpha value is -1.40. The Morgan fingerprint density at radius 2 is 1.90 bits per heavy atom. The minimum absolute atomic E-state index is 0.155. The van der Waals surface area contributed by atoms with E-state index in [4.69, 9.17) is 0 Å². The van der Waals surface area contributed by atoms with Crippen LogP contribution in [0.1, 0.15) is 17.3 Å². The predicted molar refractivity (Wildman–Crippen MR) is 84.4 cm³/mol. The highest BCUT2D eigenvalue weighted by Gasteiger charge is 2.20. The maximum Gasteiger partial charge on any atom is 0.280 e. The van der Waals surface area contributed by atoms with Crippen molar-refractivity contribution in [3.05, 3.63) is 44.7 Å². The van der Waals surface area contributed by atoms with E-state index in [-0.39, 0.29) is 11.3 Å². The largest absolute Gasteiger partial charge is 0.294 e. The van der Waals surface area contributed by atoms with Crippen LogP contribution in [0.4, 0.5) is 0 Å². The summed E-state index contributed by atoms with van der Waals surface area (Å²) in [6, 6.07) is 7.50. The summed E-state index contributed by atoms with van der Waals surface area (Å²) >= 11 is 4.65. The van der Waals surface area contributed by atoms with Crippen LogP contribution in [0.25, 0.3) is 11.3 Å². The maximum atomic E-state index is 12.1. The average molecular weight is 353 g/mol. The first-order valence-corrected chi connectivity index (χ1v) is 7.89. The first-order chi connectivity index (χ1) is 9.45. The van der Waals surface area contributed by atoms with Crippen LogP contribution in [0.5, 0.6) is 0 Å². The van der Waals surface area contributed by atoms with Crippen LogP contribution < -0.4 is 5.56 Å². The fraction of sp³-hybridized carbons (Fsp3) is 0.214. The van der Waals surface area contributed by atoms with Crippen molar-refractivity contribution in [2.45, 2.75) is 11.8 Å². The highest BCUT2D eigenvalue weighted by Crippen LogP contribution is 2.28. The number of hydrogen-bond donors (Lipinski definition) is 0. The molecule has 0 atom stereocenters. The summed E-state index contributed by atoms with van der Waals surface area (Å²) in [5.41, 5.74) is 1.49. The molecule has 1 aromatic heterocycles. The van der Waals surface area contributed by atoms with Crippen LogP contribution >= 0.6 is 27.7 Å². The standard InChI is InChI=1S/C14H13BrN2O2S/c1-8(18)11-12(9-4-6-10(15)7-5-9)16-17(2)14(19)13(11)20-3/h4-7H,1-3H3. The van der Waals surface area contributed by atoms with E-state index >= 15 is 0 Å². The summed E-state index contributed by atoms with van der Waals surface area (Å²) < 4.78 is 2.22. The zero-order valence-corrected chi connectivity index (χ0v) is 13.7. The van der Waals surface area contributed by atoms with Gasteiger partial charge in [-0.3, -0.25) is 9.59 Å². The molecule has 0 fully saturated rings. The minimum atomic E-state index is -0.247. The topological polar surface area (TPSA) is 52.0 Å². The second-order valence-corrected chi connectivity index (χ2v) is 5.98. The van der Waals surface area contributed by atoms with Crippen molar-refractivity contribution in [2.75, 3.05) is 6.26 Å². The number of nitrogens with zero attached hydrogens (tertiary/aromatic N) is 2. The van der Waals surface area contributed by atoms with Crippen molar-refractivity contribution < 1.29 is 4.79 Å². The number of benzene rings is 1. The molecule has 1 aromatic carbocycles. The molecule has 2 aromatic rings. The van der Waals surface area contributed by atoms with E-state index in [0.29, 0.717) is 16.2 Å². The second-order valence-electron chi connectivity index (χ2n) is 4.25. The maximum absolute atomic E-state index is 12.1. The Bertz CT molecular complexity index is 723. The van der Waals surface area contributed by atoms with Crippen molar-refractivity contribution in [3.8, 4) is 11.3 Å². The quantitative estimate of drug-likeness (QED) is 0.628. The molecule has 0 bridgehead atoms. The number of aromatic nitrogens is 2. The first-order valence-electron chi connectivity index (χ1n) is 5.88. The molecule has 0 aliphatic heterocycles. The van der Waals surface area contributed by atoms with E-state index in [2.05, 4.69) is 21.0 Å². The molecule has 6 heteroatoms. The van der Waals surface area contributed by atoms with Gasteiger partial charge in [0.2, 0.25) is 0 Å². The van der Waals surface area contributed by atoms with Crippen molar-refractivity contribution in [1.29, 1.82) is 0 Å². The van der Waals surface area contributed by atoms with Crippen molar-refractivity contribution in [3.63, 3.8) is 0 Å². The third-order valence-corrected chi connectivity index (χ3v) is 4.19. The van der Waals surface area contributed by atoms with Gasteiger partial charge in [-0.1, -0.05) is 28.1 Å². The number of aryl methyl sites for hydroxylation is 1. The fourth-order valence-electron chi connectivity index (χ4n) is 1.93. The Balaban J connectivity index is 2.81. The molecule has 0 aliphatic carbocycles. The smallest absolute Gasteiger partial charge is 0.280 e. The van der Waals surface area contributed by atoms with Gasteiger partial charge in [0, 0.05) is 17.1 Å². The third-order valence-electron chi connectivity index (χ3n) is 2.88. The van der Waals surface area contributed by atoms with E-state index in [1.54, 1.807) is 13.3 Å². The molecule has 1 heterocycles. The molecule has 4 nitrogen and oxygen atoms in total. The molecule has 0 unspecified atom stereocenters. The Labute approximate surface area is 129 Å². The highest BCUT2D eigenvalue weighted by molar-refractivity contribution is 9.10. The van der Waals surface area contributed by atoms with E-state index in [1.165, 1.54) is 23.4 Å². The Morgan fingerprint density at radius 3 is 2.40 bits per heavy atom. The number of carbonyl (C=O) groups is 1. The van der Waals surface area contributed by atoms with E-state index in [9.17, 15) is 9.59 Å². The van der Waals surface area contributed by atoms with Crippen LogP contribution in [0.15, 0.2) is 38.4 Å². The number of halogens is 1. The van der Waals surface area contributed by atoms with Gasteiger partial charge in [0.25, 0.3) is 5.56 Å². The first kappa shape index (κ1) is 15.0. The molecule has 0 N–H and O–H groups in total. The molecule has 0 radical (unpaired) electrons. The van der Waals surface area contributed by atoms with Crippen LogP contribution in [0, 0.1) is 0 Å². The molecule has 0 aliphatic rings. The molecular weight excluding hydrogens is 340 g/mol. The predicted octanol–water partition coefficient (Wildman–Crippen LogP) is 3.13. The molecule has 0 saturated heterocycles.